The molecule has 0 bridgehead atoms. The molecule has 0 amide bonds. The maximum Gasteiger partial charge on any atom is 0.194 e. The van der Waals surface area contributed by atoms with E-state index in [1.165, 1.54) is 25.7 Å². The van der Waals surface area contributed by atoms with Crippen molar-refractivity contribution in [3.05, 3.63) is 0 Å². The molecule has 2 fully saturated rings. The zero-order valence-electron chi connectivity index (χ0n) is 11.8. The number of hydrogen-bond donors (Lipinski definition) is 1. The third kappa shape index (κ3) is 3.87. The van der Waals surface area contributed by atoms with E-state index in [0.29, 0.717) is 6.10 Å². The highest BCUT2D eigenvalue weighted by Crippen LogP contribution is 2.16. The van der Waals surface area contributed by atoms with Crippen LogP contribution in [-0.2, 0) is 4.74 Å². The molecule has 4 heteroatoms. The molecule has 2 aliphatic rings. The number of likely N-dealkylation sites (tertiary alicyclic amines) is 1. The van der Waals surface area contributed by atoms with Gasteiger partial charge >= 0.3 is 0 Å². The molecule has 0 radical (unpaired) electrons. The zero-order valence-corrected chi connectivity index (χ0v) is 11.8. The van der Waals surface area contributed by atoms with E-state index < -0.39 is 0 Å². The van der Waals surface area contributed by atoms with Crippen LogP contribution in [0.25, 0.3) is 0 Å². The van der Waals surface area contributed by atoms with Crippen LogP contribution in [0.5, 0.6) is 0 Å². The number of rotatable bonds is 3. The summed E-state index contributed by atoms with van der Waals surface area (Å²) in [5.74, 6) is 1.95. The first-order valence-corrected chi connectivity index (χ1v) is 7.44. The van der Waals surface area contributed by atoms with Gasteiger partial charge in [0.1, 0.15) is 0 Å². The summed E-state index contributed by atoms with van der Waals surface area (Å²) in [7, 11) is 0. The SMILES string of the molecule is CCNC(=NCC1CCCO1)N1CCC(C)CC1. The normalized spacial score (nSPS) is 26.7. The fourth-order valence-corrected chi connectivity index (χ4v) is 2.62. The van der Waals surface area contributed by atoms with Gasteiger partial charge in [0, 0.05) is 26.2 Å². The van der Waals surface area contributed by atoms with Gasteiger partial charge in [0.25, 0.3) is 0 Å². The highest BCUT2D eigenvalue weighted by Gasteiger charge is 2.20. The highest BCUT2D eigenvalue weighted by atomic mass is 16.5. The third-order valence-corrected chi connectivity index (χ3v) is 3.89. The van der Waals surface area contributed by atoms with E-state index in [0.717, 1.165) is 44.7 Å². The van der Waals surface area contributed by atoms with Gasteiger partial charge in [-0.25, -0.2) is 0 Å². The maximum atomic E-state index is 5.63. The second-order valence-electron chi connectivity index (χ2n) is 5.50. The van der Waals surface area contributed by atoms with Gasteiger partial charge in [-0.1, -0.05) is 6.92 Å². The molecular weight excluding hydrogens is 226 g/mol. The Morgan fingerprint density at radius 3 is 2.72 bits per heavy atom. The van der Waals surface area contributed by atoms with Crippen molar-refractivity contribution in [2.75, 3.05) is 32.8 Å². The first-order chi connectivity index (χ1) is 8.79. The topological polar surface area (TPSA) is 36.9 Å². The van der Waals surface area contributed by atoms with E-state index in [4.69, 9.17) is 9.73 Å². The number of ether oxygens (including phenoxy) is 1. The van der Waals surface area contributed by atoms with Crippen molar-refractivity contribution < 1.29 is 4.74 Å². The number of aliphatic imine (C=N–C) groups is 1. The Labute approximate surface area is 111 Å². The van der Waals surface area contributed by atoms with E-state index in [1.54, 1.807) is 0 Å². The number of nitrogens with one attached hydrogen (secondary N) is 1. The molecule has 0 aromatic rings. The Bertz CT molecular complexity index is 266. The largest absolute Gasteiger partial charge is 0.376 e. The predicted octanol–water partition coefficient (Wildman–Crippen LogP) is 1.86. The maximum absolute atomic E-state index is 5.63. The van der Waals surface area contributed by atoms with Crippen molar-refractivity contribution >= 4 is 5.96 Å². The summed E-state index contributed by atoms with van der Waals surface area (Å²) in [4.78, 5) is 7.15. The van der Waals surface area contributed by atoms with Gasteiger partial charge in [0.2, 0.25) is 0 Å². The summed E-state index contributed by atoms with van der Waals surface area (Å²) in [6, 6.07) is 0. The van der Waals surface area contributed by atoms with Crippen molar-refractivity contribution in [3.8, 4) is 0 Å². The second kappa shape index (κ2) is 6.98. The van der Waals surface area contributed by atoms with Crippen LogP contribution in [0.15, 0.2) is 4.99 Å². The van der Waals surface area contributed by atoms with E-state index in [1.807, 2.05) is 0 Å². The molecule has 0 spiro atoms. The minimum absolute atomic E-state index is 0.349. The van der Waals surface area contributed by atoms with Crippen LogP contribution in [0.4, 0.5) is 0 Å². The van der Waals surface area contributed by atoms with Gasteiger partial charge < -0.3 is 15.0 Å². The fourth-order valence-electron chi connectivity index (χ4n) is 2.62. The predicted molar refractivity (Wildman–Crippen MR) is 74.9 cm³/mol. The molecule has 1 N–H and O–H groups in total. The number of piperidine rings is 1. The van der Waals surface area contributed by atoms with E-state index >= 15 is 0 Å². The van der Waals surface area contributed by atoms with Crippen LogP contribution in [0.1, 0.15) is 39.5 Å². The average molecular weight is 253 g/mol. The lowest BCUT2D eigenvalue weighted by Gasteiger charge is -2.33. The van der Waals surface area contributed by atoms with Gasteiger partial charge in [-0.3, -0.25) is 4.99 Å². The minimum atomic E-state index is 0.349. The van der Waals surface area contributed by atoms with E-state index in [-0.39, 0.29) is 0 Å². The highest BCUT2D eigenvalue weighted by molar-refractivity contribution is 5.80. The van der Waals surface area contributed by atoms with Crippen molar-refractivity contribution in [1.82, 2.24) is 10.2 Å². The monoisotopic (exact) mass is 253 g/mol. The molecule has 2 rings (SSSR count). The Balaban J connectivity index is 1.87. The smallest absolute Gasteiger partial charge is 0.194 e. The first-order valence-electron chi connectivity index (χ1n) is 7.44. The number of hydrogen-bond acceptors (Lipinski definition) is 2. The summed E-state index contributed by atoms with van der Waals surface area (Å²) >= 11 is 0. The van der Waals surface area contributed by atoms with E-state index in [9.17, 15) is 0 Å². The quantitative estimate of drug-likeness (QED) is 0.616. The van der Waals surface area contributed by atoms with Gasteiger partial charge in [0.05, 0.1) is 12.6 Å². The number of nitrogens with zero attached hydrogens (tertiary/aromatic N) is 2. The zero-order chi connectivity index (χ0) is 12.8. The Hall–Kier alpha value is -0.770. The molecule has 104 valence electrons. The molecule has 0 aromatic heterocycles. The van der Waals surface area contributed by atoms with Gasteiger partial charge in [-0.2, -0.15) is 0 Å². The van der Waals surface area contributed by atoms with Crippen LogP contribution < -0.4 is 5.32 Å². The molecule has 2 aliphatic heterocycles. The third-order valence-electron chi connectivity index (χ3n) is 3.89. The average Bonchev–Trinajstić information content (AvgIpc) is 2.89. The first kappa shape index (κ1) is 13.7. The summed E-state index contributed by atoms with van der Waals surface area (Å²) in [6.45, 7) is 9.42. The molecule has 2 saturated heterocycles. The van der Waals surface area contributed by atoms with Crippen molar-refractivity contribution in [3.63, 3.8) is 0 Å². The molecule has 0 aromatic carbocycles. The summed E-state index contributed by atoms with van der Waals surface area (Å²) in [5, 5.41) is 3.41. The molecule has 1 unspecified atom stereocenters. The summed E-state index contributed by atoms with van der Waals surface area (Å²) < 4.78 is 5.63. The molecule has 4 nitrogen and oxygen atoms in total. The fraction of sp³-hybridized carbons (Fsp3) is 0.929. The van der Waals surface area contributed by atoms with Gasteiger partial charge in [-0.05, 0) is 38.5 Å². The van der Waals surface area contributed by atoms with Crippen LogP contribution in [0.3, 0.4) is 0 Å². The van der Waals surface area contributed by atoms with E-state index in [2.05, 4.69) is 24.1 Å². The molecule has 1 atom stereocenters. The molecule has 0 aliphatic carbocycles. The van der Waals surface area contributed by atoms with Gasteiger partial charge in [0.15, 0.2) is 5.96 Å². The van der Waals surface area contributed by atoms with Crippen molar-refractivity contribution in [1.29, 1.82) is 0 Å². The van der Waals surface area contributed by atoms with Crippen molar-refractivity contribution in [2.24, 2.45) is 10.9 Å². The second-order valence-corrected chi connectivity index (χ2v) is 5.50. The Morgan fingerprint density at radius 2 is 2.11 bits per heavy atom. The Morgan fingerprint density at radius 1 is 1.33 bits per heavy atom. The molecule has 0 saturated carbocycles. The van der Waals surface area contributed by atoms with Crippen LogP contribution in [0, 0.1) is 5.92 Å². The lowest BCUT2D eigenvalue weighted by atomic mass is 10.00. The van der Waals surface area contributed by atoms with Crippen molar-refractivity contribution in [2.45, 2.75) is 45.6 Å². The molecule has 18 heavy (non-hydrogen) atoms. The number of guanidine groups is 1. The standard InChI is InChI=1S/C14H27N3O/c1-3-15-14(16-11-13-5-4-10-18-13)17-8-6-12(2)7-9-17/h12-13H,3-11H2,1-2H3,(H,15,16). The Kier molecular flexibility index (Phi) is 5.29. The lowest BCUT2D eigenvalue weighted by Crippen LogP contribution is -2.45. The van der Waals surface area contributed by atoms with Gasteiger partial charge in [-0.15, -0.1) is 0 Å². The van der Waals surface area contributed by atoms with Crippen LogP contribution in [0.2, 0.25) is 0 Å². The minimum Gasteiger partial charge on any atom is -0.376 e. The van der Waals surface area contributed by atoms with Crippen LogP contribution >= 0.6 is 0 Å². The summed E-state index contributed by atoms with van der Waals surface area (Å²) in [6.07, 6.45) is 5.27. The molecule has 2 heterocycles. The lowest BCUT2D eigenvalue weighted by molar-refractivity contribution is 0.117. The van der Waals surface area contributed by atoms with Crippen LogP contribution in [-0.4, -0.2) is 49.7 Å². The molecular formula is C14H27N3O. The summed E-state index contributed by atoms with van der Waals surface area (Å²) in [5.41, 5.74) is 0.